The van der Waals surface area contributed by atoms with Gasteiger partial charge in [-0.3, -0.25) is 5.32 Å². The Labute approximate surface area is 139 Å². The summed E-state index contributed by atoms with van der Waals surface area (Å²) in [5.74, 6) is 0.771. The molecule has 1 N–H and O–H groups in total. The molecule has 1 amide bonds. The predicted molar refractivity (Wildman–Crippen MR) is 92.1 cm³/mol. The Balaban J connectivity index is 1.77. The number of anilines is 1. The van der Waals surface area contributed by atoms with E-state index in [2.05, 4.69) is 24.1 Å². The highest BCUT2D eigenvalue weighted by atomic mass is 16.6. The van der Waals surface area contributed by atoms with Gasteiger partial charge in [0.05, 0.1) is 6.61 Å². The quantitative estimate of drug-likeness (QED) is 0.774. The van der Waals surface area contributed by atoms with Gasteiger partial charge in [-0.05, 0) is 37.9 Å². The predicted octanol–water partition coefficient (Wildman–Crippen LogP) is 3.90. The van der Waals surface area contributed by atoms with E-state index in [1.54, 1.807) is 0 Å². The Bertz CT molecular complexity index is 485. The van der Waals surface area contributed by atoms with Crippen LogP contribution in [0.2, 0.25) is 0 Å². The van der Waals surface area contributed by atoms with Crippen molar-refractivity contribution in [2.75, 3.05) is 31.6 Å². The lowest BCUT2D eigenvalue weighted by Crippen LogP contribution is -2.38. The molecule has 2 rings (SSSR count). The zero-order valence-corrected chi connectivity index (χ0v) is 14.2. The highest BCUT2D eigenvalue weighted by Gasteiger charge is 2.21. The number of hydrogen-bond acceptors (Lipinski definition) is 4. The summed E-state index contributed by atoms with van der Waals surface area (Å²) in [6, 6.07) is 7.44. The van der Waals surface area contributed by atoms with Gasteiger partial charge in [0.1, 0.15) is 11.9 Å². The van der Waals surface area contributed by atoms with E-state index >= 15 is 0 Å². The Hall–Kier alpha value is -1.75. The fourth-order valence-electron chi connectivity index (χ4n) is 2.64. The van der Waals surface area contributed by atoms with Crippen molar-refractivity contribution in [2.24, 2.45) is 0 Å². The van der Waals surface area contributed by atoms with Gasteiger partial charge in [-0.1, -0.05) is 26.3 Å². The molecule has 0 radical (unpaired) electrons. The monoisotopic (exact) mass is 320 g/mol. The molecule has 1 saturated heterocycles. The van der Waals surface area contributed by atoms with Crippen molar-refractivity contribution in [1.29, 1.82) is 0 Å². The molecule has 0 aromatic heterocycles. The van der Waals surface area contributed by atoms with E-state index in [0.29, 0.717) is 12.3 Å². The van der Waals surface area contributed by atoms with Crippen molar-refractivity contribution < 1.29 is 14.3 Å². The van der Waals surface area contributed by atoms with Gasteiger partial charge in [0.25, 0.3) is 0 Å². The van der Waals surface area contributed by atoms with Crippen LogP contribution < -0.4 is 10.1 Å². The van der Waals surface area contributed by atoms with Crippen LogP contribution in [0.15, 0.2) is 24.3 Å². The Morgan fingerprint density at radius 2 is 2.09 bits per heavy atom. The smallest absolute Gasteiger partial charge is 0.411 e. The van der Waals surface area contributed by atoms with Crippen molar-refractivity contribution >= 4 is 11.8 Å². The molecule has 0 saturated carbocycles. The van der Waals surface area contributed by atoms with Crippen LogP contribution in [0.25, 0.3) is 0 Å². The summed E-state index contributed by atoms with van der Waals surface area (Å²) in [7, 11) is 0. The van der Waals surface area contributed by atoms with E-state index in [-0.39, 0.29) is 12.2 Å². The second-order valence-electron chi connectivity index (χ2n) is 5.89. The summed E-state index contributed by atoms with van der Waals surface area (Å²) < 4.78 is 11.2. The van der Waals surface area contributed by atoms with Crippen LogP contribution in [0.3, 0.4) is 0 Å². The van der Waals surface area contributed by atoms with E-state index in [1.807, 2.05) is 24.3 Å². The van der Waals surface area contributed by atoms with Gasteiger partial charge in [0.15, 0.2) is 0 Å². The van der Waals surface area contributed by atoms with Crippen molar-refractivity contribution in [1.82, 2.24) is 4.90 Å². The molecule has 1 aliphatic heterocycles. The Morgan fingerprint density at radius 3 is 2.78 bits per heavy atom. The number of ether oxygens (including phenoxy) is 2. The molecule has 1 fully saturated rings. The standard InChI is InChI=1S/C18H28N2O3/c1-3-5-13-22-17-8-6-7-15(14-17)19-18(21)23-16-9-11-20(4-2)12-10-16/h6-8,14,16H,3-5,9-13H2,1-2H3,(H,19,21). The number of nitrogens with zero attached hydrogens (tertiary/aromatic N) is 1. The van der Waals surface area contributed by atoms with Crippen LogP contribution in [0.1, 0.15) is 39.5 Å². The molecule has 5 nitrogen and oxygen atoms in total. The minimum Gasteiger partial charge on any atom is -0.494 e. The molecule has 1 aromatic rings. The minimum atomic E-state index is -0.384. The van der Waals surface area contributed by atoms with Gasteiger partial charge in [-0.15, -0.1) is 0 Å². The molecule has 1 heterocycles. The van der Waals surface area contributed by atoms with Gasteiger partial charge >= 0.3 is 6.09 Å². The molecular formula is C18H28N2O3. The number of unbranched alkanes of at least 4 members (excludes halogenated alkanes) is 1. The normalized spacial score (nSPS) is 16.1. The lowest BCUT2D eigenvalue weighted by molar-refractivity contribution is 0.0606. The first-order chi connectivity index (χ1) is 11.2. The minimum absolute atomic E-state index is 0.0155. The fraction of sp³-hybridized carbons (Fsp3) is 0.611. The van der Waals surface area contributed by atoms with Crippen LogP contribution in [0.5, 0.6) is 5.75 Å². The maximum absolute atomic E-state index is 12.0. The Kier molecular flexibility index (Phi) is 7.20. The largest absolute Gasteiger partial charge is 0.494 e. The molecule has 0 atom stereocenters. The Morgan fingerprint density at radius 1 is 1.30 bits per heavy atom. The van der Waals surface area contributed by atoms with Gasteiger partial charge < -0.3 is 14.4 Å². The summed E-state index contributed by atoms with van der Waals surface area (Å²) in [6.45, 7) is 8.03. The zero-order chi connectivity index (χ0) is 16.5. The van der Waals surface area contributed by atoms with E-state index in [4.69, 9.17) is 9.47 Å². The lowest BCUT2D eigenvalue weighted by atomic mass is 10.1. The maximum atomic E-state index is 12.0. The van der Waals surface area contributed by atoms with E-state index in [9.17, 15) is 4.79 Å². The number of benzene rings is 1. The maximum Gasteiger partial charge on any atom is 0.411 e. The second-order valence-corrected chi connectivity index (χ2v) is 5.89. The van der Waals surface area contributed by atoms with Crippen LogP contribution in [-0.4, -0.2) is 43.3 Å². The van der Waals surface area contributed by atoms with Gasteiger partial charge in [0.2, 0.25) is 0 Å². The van der Waals surface area contributed by atoms with Crippen LogP contribution in [0, 0.1) is 0 Å². The summed E-state index contributed by atoms with van der Waals surface area (Å²) in [5, 5.41) is 2.79. The topological polar surface area (TPSA) is 50.8 Å². The highest BCUT2D eigenvalue weighted by Crippen LogP contribution is 2.19. The van der Waals surface area contributed by atoms with Crippen molar-refractivity contribution in [3.63, 3.8) is 0 Å². The molecule has 5 heteroatoms. The molecule has 0 aliphatic carbocycles. The highest BCUT2D eigenvalue weighted by molar-refractivity contribution is 5.84. The average Bonchev–Trinajstić information content (AvgIpc) is 2.56. The number of hydrogen-bond donors (Lipinski definition) is 1. The molecule has 1 aromatic carbocycles. The number of amides is 1. The van der Waals surface area contributed by atoms with Gasteiger partial charge in [-0.2, -0.15) is 0 Å². The molecule has 1 aliphatic rings. The molecular weight excluding hydrogens is 292 g/mol. The third-order valence-electron chi connectivity index (χ3n) is 4.10. The third kappa shape index (κ3) is 6.10. The zero-order valence-electron chi connectivity index (χ0n) is 14.2. The number of rotatable bonds is 7. The lowest BCUT2D eigenvalue weighted by Gasteiger charge is -2.30. The van der Waals surface area contributed by atoms with Crippen molar-refractivity contribution in [3.8, 4) is 5.75 Å². The first-order valence-corrected chi connectivity index (χ1v) is 8.64. The second kappa shape index (κ2) is 9.40. The molecule has 0 spiro atoms. The van der Waals surface area contributed by atoms with Crippen LogP contribution >= 0.6 is 0 Å². The first-order valence-electron chi connectivity index (χ1n) is 8.64. The average molecular weight is 320 g/mol. The number of likely N-dealkylation sites (tertiary alicyclic amines) is 1. The van der Waals surface area contributed by atoms with E-state index in [0.717, 1.165) is 51.1 Å². The van der Waals surface area contributed by atoms with E-state index in [1.165, 1.54) is 0 Å². The first kappa shape index (κ1) is 17.6. The summed E-state index contributed by atoms with van der Waals surface area (Å²) in [4.78, 5) is 14.4. The van der Waals surface area contributed by atoms with Crippen molar-refractivity contribution in [3.05, 3.63) is 24.3 Å². The number of carbonyl (C=O) groups excluding carboxylic acids is 1. The molecule has 128 valence electrons. The summed E-state index contributed by atoms with van der Waals surface area (Å²) in [6.07, 6.45) is 3.56. The third-order valence-corrected chi connectivity index (χ3v) is 4.10. The van der Waals surface area contributed by atoms with Gasteiger partial charge in [-0.25, -0.2) is 4.79 Å². The SMILES string of the molecule is CCCCOc1cccc(NC(=O)OC2CCN(CC)CC2)c1. The van der Waals surface area contributed by atoms with Crippen LogP contribution in [0.4, 0.5) is 10.5 Å². The number of nitrogens with one attached hydrogen (secondary N) is 1. The van der Waals surface area contributed by atoms with Crippen LogP contribution in [-0.2, 0) is 4.74 Å². The summed E-state index contributed by atoms with van der Waals surface area (Å²) in [5.41, 5.74) is 0.704. The summed E-state index contributed by atoms with van der Waals surface area (Å²) >= 11 is 0. The van der Waals surface area contributed by atoms with Gasteiger partial charge in [0, 0.05) is 24.8 Å². The molecule has 23 heavy (non-hydrogen) atoms. The number of carbonyl (C=O) groups is 1. The van der Waals surface area contributed by atoms with Crippen molar-refractivity contribution in [2.45, 2.75) is 45.6 Å². The van der Waals surface area contributed by atoms with E-state index < -0.39 is 0 Å². The number of piperidine rings is 1. The fourth-order valence-corrected chi connectivity index (χ4v) is 2.64. The molecule has 0 unspecified atom stereocenters. The molecule has 0 bridgehead atoms.